The molecule has 0 aromatic heterocycles. The number of ether oxygens (including phenoxy) is 2. The van der Waals surface area contributed by atoms with Gasteiger partial charge in [-0.3, -0.25) is 0 Å². The van der Waals surface area contributed by atoms with Gasteiger partial charge in [-0.1, -0.05) is 13.3 Å². The fourth-order valence-corrected chi connectivity index (χ4v) is 2.88. The van der Waals surface area contributed by atoms with Gasteiger partial charge in [0.2, 0.25) is 0 Å². The first-order chi connectivity index (χ1) is 8.17. The van der Waals surface area contributed by atoms with E-state index in [0.29, 0.717) is 5.56 Å². The average molecular weight is 346 g/mol. The highest BCUT2D eigenvalue weighted by atomic mass is 127. The maximum atomic E-state index is 11.8. The fraction of sp³-hybridized carbons (Fsp3) is 0.462. The lowest BCUT2D eigenvalue weighted by atomic mass is 10.0. The van der Waals surface area contributed by atoms with E-state index in [-0.39, 0.29) is 12.1 Å². The number of carbonyl (C=O) groups is 1. The normalized spacial score (nSPS) is 17.8. The fourth-order valence-electron chi connectivity index (χ4n) is 2.04. The summed E-state index contributed by atoms with van der Waals surface area (Å²) in [7, 11) is 1.64. The van der Waals surface area contributed by atoms with Gasteiger partial charge >= 0.3 is 5.97 Å². The summed E-state index contributed by atoms with van der Waals surface area (Å²) >= 11 is 2.16. The quantitative estimate of drug-likeness (QED) is 0.616. The van der Waals surface area contributed by atoms with Crippen LogP contribution in [0.4, 0.5) is 0 Å². The average Bonchev–Trinajstić information content (AvgIpc) is 2.63. The summed E-state index contributed by atoms with van der Waals surface area (Å²) in [6.07, 6.45) is 2.95. The highest BCUT2D eigenvalue weighted by molar-refractivity contribution is 14.1. The number of carbonyl (C=O) groups excluding carboxylic acids is 1. The third-order valence-electron chi connectivity index (χ3n) is 2.95. The second-order valence-corrected chi connectivity index (χ2v) is 5.27. The van der Waals surface area contributed by atoms with Crippen LogP contribution >= 0.6 is 22.6 Å². The number of fused-ring (bicyclic) bond motifs is 1. The van der Waals surface area contributed by atoms with E-state index in [9.17, 15) is 4.79 Å². The van der Waals surface area contributed by atoms with Gasteiger partial charge in [0.05, 0.1) is 12.7 Å². The van der Waals surface area contributed by atoms with E-state index in [1.54, 1.807) is 7.11 Å². The summed E-state index contributed by atoms with van der Waals surface area (Å²) in [5.41, 5.74) is 1.69. The topological polar surface area (TPSA) is 35.5 Å². The first-order valence-electron chi connectivity index (χ1n) is 5.75. The lowest BCUT2D eigenvalue weighted by Gasteiger charge is -2.10. The SMILES string of the molecule is CCCCC1OC(=O)c2c(I)cc(OC)cc21. The summed E-state index contributed by atoms with van der Waals surface area (Å²) in [4.78, 5) is 11.8. The number of hydrogen-bond donors (Lipinski definition) is 0. The predicted molar refractivity (Wildman–Crippen MR) is 73.4 cm³/mol. The number of rotatable bonds is 4. The largest absolute Gasteiger partial charge is 0.497 e. The maximum absolute atomic E-state index is 11.8. The van der Waals surface area contributed by atoms with E-state index in [0.717, 1.165) is 34.1 Å². The van der Waals surface area contributed by atoms with Crippen LogP contribution in [0.2, 0.25) is 0 Å². The van der Waals surface area contributed by atoms with Gasteiger partial charge in [0.15, 0.2) is 0 Å². The summed E-state index contributed by atoms with van der Waals surface area (Å²) < 4.78 is 11.6. The Bertz CT molecular complexity index is 443. The third-order valence-corrected chi connectivity index (χ3v) is 3.80. The molecule has 3 nitrogen and oxygen atoms in total. The van der Waals surface area contributed by atoms with Crippen molar-refractivity contribution in [2.24, 2.45) is 0 Å². The van der Waals surface area contributed by atoms with Crippen molar-refractivity contribution in [2.45, 2.75) is 32.3 Å². The molecule has 0 fully saturated rings. The van der Waals surface area contributed by atoms with Crippen molar-refractivity contribution < 1.29 is 14.3 Å². The van der Waals surface area contributed by atoms with Crippen molar-refractivity contribution in [3.8, 4) is 5.75 Å². The monoisotopic (exact) mass is 346 g/mol. The lowest BCUT2D eigenvalue weighted by molar-refractivity contribution is 0.0363. The molecule has 0 radical (unpaired) electrons. The molecule has 92 valence electrons. The van der Waals surface area contributed by atoms with E-state index in [2.05, 4.69) is 29.5 Å². The number of hydrogen-bond acceptors (Lipinski definition) is 3. The van der Waals surface area contributed by atoms with Gasteiger partial charge in [-0.25, -0.2) is 4.79 Å². The Kier molecular flexibility index (Phi) is 3.91. The molecule has 1 heterocycles. The minimum absolute atomic E-state index is 0.0962. The van der Waals surface area contributed by atoms with Crippen LogP contribution in [-0.4, -0.2) is 13.1 Å². The van der Waals surface area contributed by atoms with Crippen molar-refractivity contribution in [2.75, 3.05) is 7.11 Å². The Morgan fingerprint density at radius 2 is 2.24 bits per heavy atom. The highest BCUT2D eigenvalue weighted by Gasteiger charge is 2.33. The molecule has 1 atom stereocenters. The Morgan fingerprint density at radius 1 is 1.47 bits per heavy atom. The molecule has 1 aromatic carbocycles. The maximum Gasteiger partial charge on any atom is 0.340 e. The highest BCUT2D eigenvalue weighted by Crippen LogP contribution is 2.38. The van der Waals surface area contributed by atoms with E-state index >= 15 is 0 Å². The van der Waals surface area contributed by atoms with Crippen molar-refractivity contribution in [1.82, 2.24) is 0 Å². The van der Waals surface area contributed by atoms with Crippen molar-refractivity contribution >= 4 is 28.6 Å². The zero-order valence-corrected chi connectivity index (χ0v) is 12.1. The van der Waals surface area contributed by atoms with Crippen molar-refractivity contribution in [3.63, 3.8) is 0 Å². The van der Waals surface area contributed by atoms with Crippen LogP contribution in [0.3, 0.4) is 0 Å². The number of halogens is 1. The van der Waals surface area contributed by atoms with Gasteiger partial charge in [0.1, 0.15) is 11.9 Å². The smallest absolute Gasteiger partial charge is 0.340 e. The van der Waals surface area contributed by atoms with Crippen LogP contribution in [0, 0.1) is 3.57 Å². The van der Waals surface area contributed by atoms with E-state index < -0.39 is 0 Å². The molecule has 0 amide bonds. The third kappa shape index (κ3) is 2.41. The summed E-state index contributed by atoms with van der Waals surface area (Å²) in [6.45, 7) is 2.13. The van der Waals surface area contributed by atoms with Gasteiger partial charge in [-0.15, -0.1) is 0 Å². The Labute approximate surface area is 115 Å². The molecular formula is C13H15IO3. The zero-order valence-electron chi connectivity index (χ0n) is 9.96. The molecule has 1 unspecified atom stereocenters. The molecule has 4 heteroatoms. The lowest BCUT2D eigenvalue weighted by Crippen LogP contribution is -1.98. The summed E-state index contributed by atoms with van der Waals surface area (Å²) in [5.74, 6) is 0.584. The van der Waals surface area contributed by atoms with Gasteiger partial charge in [-0.05, 0) is 47.6 Å². The van der Waals surface area contributed by atoms with E-state index in [1.165, 1.54) is 0 Å². The zero-order chi connectivity index (χ0) is 12.4. The molecule has 1 aromatic rings. The second kappa shape index (κ2) is 5.25. The molecular weight excluding hydrogens is 331 g/mol. The van der Waals surface area contributed by atoms with Crippen LogP contribution in [0.1, 0.15) is 48.2 Å². The van der Waals surface area contributed by atoms with Gasteiger partial charge in [-0.2, -0.15) is 0 Å². The second-order valence-electron chi connectivity index (χ2n) is 4.11. The molecule has 17 heavy (non-hydrogen) atoms. The van der Waals surface area contributed by atoms with E-state index in [1.807, 2.05) is 12.1 Å². The molecule has 0 aliphatic carbocycles. The van der Waals surface area contributed by atoms with Crippen LogP contribution in [0.15, 0.2) is 12.1 Å². The van der Waals surface area contributed by atoms with Crippen LogP contribution in [0.5, 0.6) is 5.75 Å². The standard InChI is InChI=1S/C13H15IO3/c1-3-4-5-11-9-6-8(16-2)7-10(14)12(9)13(15)17-11/h6-7,11H,3-5H2,1-2H3. The molecule has 1 aliphatic heterocycles. The van der Waals surface area contributed by atoms with Crippen molar-refractivity contribution in [1.29, 1.82) is 0 Å². The number of unbranched alkanes of at least 4 members (excludes halogenated alkanes) is 1. The molecule has 1 aliphatic rings. The van der Waals surface area contributed by atoms with E-state index in [4.69, 9.17) is 9.47 Å². The van der Waals surface area contributed by atoms with Gasteiger partial charge in [0.25, 0.3) is 0 Å². The Morgan fingerprint density at radius 3 is 2.88 bits per heavy atom. The van der Waals surface area contributed by atoms with Crippen LogP contribution in [-0.2, 0) is 4.74 Å². The number of benzene rings is 1. The van der Waals surface area contributed by atoms with Crippen LogP contribution in [0.25, 0.3) is 0 Å². The summed E-state index contributed by atoms with van der Waals surface area (Å²) in [6, 6.07) is 3.78. The van der Waals surface area contributed by atoms with Gasteiger partial charge < -0.3 is 9.47 Å². The Hall–Kier alpha value is -0.780. The first kappa shape index (κ1) is 12.7. The summed E-state index contributed by atoms with van der Waals surface area (Å²) in [5, 5.41) is 0. The van der Waals surface area contributed by atoms with Crippen molar-refractivity contribution in [3.05, 3.63) is 26.8 Å². The molecule has 0 saturated heterocycles. The molecule has 2 rings (SSSR count). The predicted octanol–water partition coefficient (Wildman–Crippen LogP) is 3.70. The number of methoxy groups -OCH3 is 1. The first-order valence-corrected chi connectivity index (χ1v) is 6.83. The molecule has 0 N–H and O–H groups in total. The minimum Gasteiger partial charge on any atom is -0.497 e. The molecule has 0 spiro atoms. The molecule has 0 saturated carbocycles. The number of esters is 1. The number of cyclic esters (lactones) is 1. The molecule has 0 bridgehead atoms. The minimum atomic E-state index is -0.201. The Balaban J connectivity index is 2.37. The van der Waals surface area contributed by atoms with Gasteiger partial charge in [0, 0.05) is 9.13 Å². The van der Waals surface area contributed by atoms with Crippen LogP contribution < -0.4 is 4.74 Å².